The SMILES string of the molecule is CC1CCCN(S(=O)(=O)c2ccc(S(C)(=O)=O)nc2)C1CN. The summed E-state index contributed by atoms with van der Waals surface area (Å²) in [7, 11) is -7.18. The zero-order valence-electron chi connectivity index (χ0n) is 12.6. The maximum atomic E-state index is 12.7. The van der Waals surface area contributed by atoms with Gasteiger partial charge in [0.2, 0.25) is 10.0 Å². The van der Waals surface area contributed by atoms with Gasteiger partial charge in [-0.3, -0.25) is 0 Å². The smallest absolute Gasteiger partial charge is 0.244 e. The molecule has 1 aromatic heterocycles. The molecule has 0 radical (unpaired) electrons. The topological polar surface area (TPSA) is 110 Å². The summed E-state index contributed by atoms with van der Waals surface area (Å²) in [4.78, 5) is 3.75. The van der Waals surface area contributed by atoms with Crippen molar-refractivity contribution >= 4 is 19.9 Å². The Hall–Kier alpha value is -1.03. The van der Waals surface area contributed by atoms with Crippen LogP contribution >= 0.6 is 0 Å². The third-order valence-electron chi connectivity index (χ3n) is 4.00. The molecule has 0 bridgehead atoms. The van der Waals surface area contributed by atoms with E-state index < -0.39 is 19.9 Å². The van der Waals surface area contributed by atoms with Crippen LogP contribution in [0.15, 0.2) is 28.3 Å². The molecule has 124 valence electrons. The van der Waals surface area contributed by atoms with Crippen LogP contribution in [0.3, 0.4) is 0 Å². The van der Waals surface area contributed by atoms with Crippen LogP contribution in [0.2, 0.25) is 0 Å². The van der Waals surface area contributed by atoms with Crippen LogP contribution in [-0.2, 0) is 19.9 Å². The Morgan fingerprint density at radius 1 is 1.32 bits per heavy atom. The molecule has 2 heterocycles. The van der Waals surface area contributed by atoms with Gasteiger partial charge in [0.25, 0.3) is 0 Å². The van der Waals surface area contributed by atoms with E-state index >= 15 is 0 Å². The fourth-order valence-electron chi connectivity index (χ4n) is 2.73. The van der Waals surface area contributed by atoms with Gasteiger partial charge in [-0.15, -0.1) is 0 Å². The van der Waals surface area contributed by atoms with Crippen LogP contribution in [0.5, 0.6) is 0 Å². The van der Waals surface area contributed by atoms with Crippen LogP contribution < -0.4 is 5.73 Å². The average molecular weight is 347 g/mol. The van der Waals surface area contributed by atoms with Gasteiger partial charge in [0.1, 0.15) is 4.90 Å². The lowest BCUT2D eigenvalue weighted by Gasteiger charge is -2.38. The minimum atomic E-state index is -3.72. The third kappa shape index (κ3) is 3.32. The van der Waals surface area contributed by atoms with Gasteiger partial charge in [0, 0.05) is 31.6 Å². The highest BCUT2D eigenvalue weighted by molar-refractivity contribution is 7.90. The van der Waals surface area contributed by atoms with Crippen molar-refractivity contribution in [2.75, 3.05) is 19.3 Å². The average Bonchev–Trinajstić information content (AvgIpc) is 2.46. The molecule has 1 fully saturated rings. The van der Waals surface area contributed by atoms with Crippen molar-refractivity contribution in [1.29, 1.82) is 0 Å². The van der Waals surface area contributed by atoms with E-state index in [1.54, 1.807) is 0 Å². The number of piperidine rings is 1. The molecular weight excluding hydrogens is 326 g/mol. The molecule has 0 spiro atoms. The van der Waals surface area contributed by atoms with Gasteiger partial charge in [0.05, 0.1) is 0 Å². The first-order chi connectivity index (χ1) is 10.2. The Labute approximate surface area is 131 Å². The molecule has 1 aliphatic heterocycles. The summed E-state index contributed by atoms with van der Waals surface area (Å²) < 4.78 is 49.7. The van der Waals surface area contributed by atoms with E-state index in [-0.39, 0.29) is 28.4 Å². The van der Waals surface area contributed by atoms with E-state index in [1.807, 2.05) is 6.92 Å². The lowest BCUT2D eigenvalue weighted by molar-refractivity contribution is 0.192. The van der Waals surface area contributed by atoms with Crippen molar-refractivity contribution < 1.29 is 16.8 Å². The van der Waals surface area contributed by atoms with Crippen molar-refractivity contribution in [3.05, 3.63) is 18.3 Å². The molecular formula is C13H21N3O4S2. The Morgan fingerprint density at radius 3 is 2.50 bits per heavy atom. The van der Waals surface area contributed by atoms with Crippen molar-refractivity contribution in [1.82, 2.24) is 9.29 Å². The highest BCUT2D eigenvalue weighted by Gasteiger charge is 2.36. The standard InChI is InChI=1S/C13H21N3O4S2/c1-10-4-3-7-16(12(10)8-14)22(19,20)11-5-6-13(15-9-11)21(2,17)18/h5-6,9-10,12H,3-4,7-8,14H2,1-2H3. The lowest BCUT2D eigenvalue weighted by Crippen LogP contribution is -2.51. The minimum absolute atomic E-state index is 0.00699. The molecule has 9 heteroatoms. The first-order valence-corrected chi connectivity index (χ1v) is 10.4. The molecule has 7 nitrogen and oxygen atoms in total. The van der Waals surface area contributed by atoms with Crippen molar-refractivity contribution in [2.24, 2.45) is 11.7 Å². The zero-order valence-corrected chi connectivity index (χ0v) is 14.3. The second kappa shape index (κ2) is 6.23. The number of rotatable bonds is 4. The highest BCUT2D eigenvalue weighted by atomic mass is 32.2. The largest absolute Gasteiger partial charge is 0.329 e. The van der Waals surface area contributed by atoms with Gasteiger partial charge in [-0.2, -0.15) is 4.31 Å². The number of sulfone groups is 1. The summed E-state index contributed by atoms with van der Waals surface area (Å²) in [6.07, 6.45) is 3.85. The van der Waals surface area contributed by atoms with Crippen molar-refractivity contribution in [3.8, 4) is 0 Å². The maximum Gasteiger partial charge on any atom is 0.244 e. The third-order valence-corrected chi connectivity index (χ3v) is 6.91. The molecule has 22 heavy (non-hydrogen) atoms. The number of aromatic nitrogens is 1. The molecule has 1 aromatic rings. The number of hydrogen-bond acceptors (Lipinski definition) is 6. The van der Waals surface area contributed by atoms with E-state index in [2.05, 4.69) is 4.98 Å². The van der Waals surface area contributed by atoms with Gasteiger partial charge in [-0.05, 0) is 30.9 Å². The van der Waals surface area contributed by atoms with E-state index in [0.29, 0.717) is 6.54 Å². The summed E-state index contributed by atoms with van der Waals surface area (Å²) in [5.41, 5.74) is 5.74. The summed E-state index contributed by atoms with van der Waals surface area (Å²) in [5, 5.41) is -0.145. The van der Waals surface area contributed by atoms with E-state index in [9.17, 15) is 16.8 Å². The number of hydrogen-bond donors (Lipinski definition) is 1. The van der Waals surface area contributed by atoms with Crippen molar-refractivity contribution in [3.63, 3.8) is 0 Å². The number of sulfonamides is 1. The maximum absolute atomic E-state index is 12.7. The van der Waals surface area contributed by atoms with Crippen LogP contribution in [0, 0.1) is 5.92 Å². The molecule has 2 atom stereocenters. The summed E-state index contributed by atoms with van der Waals surface area (Å²) in [6, 6.07) is 2.26. The molecule has 2 N–H and O–H groups in total. The molecule has 1 aliphatic rings. The number of nitrogens with zero attached hydrogens (tertiary/aromatic N) is 2. The molecule has 0 aliphatic carbocycles. The number of nitrogens with two attached hydrogens (primary N) is 1. The van der Waals surface area contributed by atoms with Gasteiger partial charge in [-0.1, -0.05) is 6.92 Å². The molecule has 1 saturated heterocycles. The van der Waals surface area contributed by atoms with Crippen LogP contribution in [0.25, 0.3) is 0 Å². The summed E-state index contributed by atoms with van der Waals surface area (Å²) in [5.74, 6) is 0.191. The normalized spacial score (nSPS) is 24.3. The molecule has 0 saturated carbocycles. The predicted molar refractivity (Wildman–Crippen MR) is 82.5 cm³/mol. The Morgan fingerprint density at radius 2 is 2.00 bits per heavy atom. The summed E-state index contributed by atoms with van der Waals surface area (Å²) in [6.45, 7) is 2.67. The second-order valence-corrected chi connectivity index (χ2v) is 9.50. The zero-order chi connectivity index (χ0) is 16.5. The highest BCUT2D eigenvalue weighted by Crippen LogP contribution is 2.28. The van der Waals surface area contributed by atoms with Gasteiger partial charge >= 0.3 is 0 Å². The van der Waals surface area contributed by atoms with Crippen molar-refractivity contribution in [2.45, 2.75) is 35.7 Å². The van der Waals surface area contributed by atoms with Crippen LogP contribution in [0.1, 0.15) is 19.8 Å². The summed E-state index contributed by atoms with van der Waals surface area (Å²) >= 11 is 0. The van der Waals surface area contributed by atoms with Crippen LogP contribution in [0.4, 0.5) is 0 Å². The lowest BCUT2D eigenvalue weighted by atomic mass is 9.93. The van der Waals surface area contributed by atoms with E-state index in [1.165, 1.54) is 16.4 Å². The Kier molecular flexibility index (Phi) is 4.90. The van der Waals surface area contributed by atoms with E-state index in [0.717, 1.165) is 25.3 Å². The van der Waals surface area contributed by atoms with Crippen LogP contribution in [-0.4, -0.2) is 51.5 Å². The Balaban J connectivity index is 2.37. The molecule has 2 unspecified atom stereocenters. The first-order valence-electron chi connectivity index (χ1n) is 7.06. The molecule has 0 aromatic carbocycles. The van der Waals surface area contributed by atoms with E-state index in [4.69, 9.17) is 5.73 Å². The quantitative estimate of drug-likeness (QED) is 0.835. The Bertz CT molecular complexity index is 729. The fourth-order valence-corrected chi connectivity index (χ4v) is 5.01. The first kappa shape index (κ1) is 17.3. The van der Waals surface area contributed by atoms with Gasteiger partial charge in [-0.25, -0.2) is 21.8 Å². The fraction of sp³-hybridized carbons (Fsp3) is 0.615. The van der Waals surface area contributed by atoms with Gasteiger partial charge < -0.3 is 5.73 Å². The van der Waals surface area contributed by atoms with Gasteiger partial charge in [0.15, 0.2) is 14.9 Å². The molecule has 2 rings (SSSR count). The predicted octanol–water partition coefficient (Wildman–Crippen LogP) is 0.233. The number of pyridine rings is 1. The second-order valence-electron chi connectivity index (χ2n) is 5.64. The monoisotopic (exact) mass is 347 g/mol. The molecule has 0 amide bonds. The minimum Gasteiger partial charge on any atom is -0.329 e.